The molecular formula is C21H27N3O5S2. The smallest absolute Gasteiger partial charge is 0.243 e. The van der Waals surface area contributed by atoms with Gasteiger partial charge in [0, 0.05) is 37.8 Å². The summed E-state index contributed by atoms with van der Waals surface area (Å²) in [7, 11) is -7.18. The van der Waals surface area contributed by atoms with E-state index in [9.17, 15) is 21.6 Å². The van der Waals surface area contributed by atoms with Gasteiger partial charge in [0.25, 0.3) is 0 Å². The van der Waals surface area contributed by atoms with Crippen LogP contribution in [-0.2, 0) is 24.8 Å². The third kappa shape index (κ3) is 5.15. The highest BCUT2D eigenvalue weighted by atomic mass is 32.2. The maximum atomic E-state index is 13.1. The van der Waals surface area contributed by atoms with Gasteiger partial charge in [0.05, 0.1) is 11.2 Å². The maximum absolute atomic E-state index is 13.1. The van der Waals surface area contributed by atoms with Crippen LogP contribution in [-0.4, -0.2) is 62.8 Å². The Morgan fingerprint density at radius 2 is 1.42 bits per heavy atom. The first-order valence-electron chi connectivity index (χ1n) is 9.77. The number of benzene rings is 2. The summed E-state index contributed by atoms with van der Waals surface area (Å²) < 4.78 is 53.0. The molecule has 0 spiro atoms. The van der Waals surface area contributed by atoms with E-state index < -0.39 is 25.6 Å². The predicted octanol–water partition coefficient (Wildman–Crippen LogP) is 2.36. The van der Waals surface area contributed by atoms with Crippen LogP contribution in [0.15, 0.2) is 53.4 Å². The Labute approximate surface area is 184 Å². The molecule has 1 fully saturated rings. The minimum Gasteiger partial charge on any atom is -0.326 e. The van der Waals surface area contributed by atoms with E-state index in [-0.39, 0.29) is 30.4 Å². The second-order valence-electron chi connectivity index (χ2n) is 8.27. The minimum absolute atomic E-state index is 0.0781. The van der Waals surface area contributed by atoms with Gasteiger partial charge in [-0.1, -0.05) is 24.3 Å². The average molecular weight is 466 g/mol. The second-order valence-corrected chi connectivity index (χ2v) is 12.1. The molecular weight excluding hydrogens is 438 g/mol. The molecule has 1 saturated heterocycles. The molecule has 0 saturated carbocycles. The summed E-state index contributed by atoms with van der Waals surface area (Å²) >= 11 is 0. The lowest BCUT2D eigenvalue weighted by Crippen LogP contribution is -2.61. The van der Waals surface area contributed by atoms with Gasteiger partial charge in [-0.3, -0.25) is 4.79 Å². The second kappa shape index (κ2) is 8.34. The lowest BCUT2D eigenvalue weighted by molar-refractivity contribution is -0.114. The highest BCUT2D eigenvalue weighted by Crippen LogP contribution is 2.29. The fraction of sp³-hybridized carbons (Fsp3) is 0.381. The van der Waals surface area contributed by atoms with Crippen molar-refractivity contribution in [2.45, 2.75) is 31.2 Å². The van der Waals surface area contributed by atoms with Crippen LogP contribution in [0.5, 0.6) is 0 Å². The van der Waals surface area contributed by atoms with Crippen molar-refractivity contribution in [3.05, 3.63) is 48.5 Å². The first-order valence-corrected chi connectivity index (χ1v) is 13.1. The van der Waals surface area contributed by atoms with Crippen molar-refractivity contribution < 1.29 is 21.6 Å². The van der Waals surface area contributed by atoms with Crippen molar-refractivity contribution in [2.24, 2.45) is 0 Å². The number of hydrogen-bond acceptors (Lipinski definition) is 5. The zero-order valence-electron chi connectivity index (χ0n) is 18.0. The molecule has 3 rings (SSSR count). The molecule has 10 heteroatoms. The van der Waals surface area contributed by atoms with Gasteiger partial charge in [-0.25, -0.2) is 16.8 Å². The van der Waals surface area contributed by atoms with Crippen molar-refractivity contribution in [3.63, 3.8) is 0 Å². The first kappa shape index (κ1) is 23.4. The van der Waals surface area contributed by atoms with E-state index in [1.807, 2.05) is 12.1 Å². The van der Waals surface area contributed by atoms with Gasteiger partial charge in [0.15, 0.2) is 0 Å². The van der Waals surface area contributed by atoms with E-state index >= 15 is 0 Å². The topological polar surface area (TPSA) is 104 Å². The monoisotopic (exact) mass is 465 g/mol. The molecule has 1 N–H and O–H groups in total. The molecule has 1 amide bonds. The Morgan fingerprint density at radius 1 is 0.903 bits per heavy atom. The van der Waals surface area contributed by atoms with E-state index in [1.54, 1.807) is 50.2 Å². The van der Waals surface area contributed by atoms with E-state index in [0.717, 1.165) is 17.4 Å². The van der Waals surface area contributed by atoms with E-state index in [1.165, 1.54) is 15.5 Å². The number of sulfonamides is 2. The number of rotatable bonds is 5. The Hall–Kier alpha value is -2.27. The van der Waals surface area contributed by atoms with E-state index in [4.69, 9.17) is 0 Å². The summed E-state index contributed by atoms with van der Waals surface area (Å²) in [6, 6.07) is 13.8. The van der Waals surface area contributed by atoms with Gasteiger partial charge < -0.3 is 5.32 Å². The summed E-state index contributed by atoms with van der Waals surface area (Å²) in [6.45, 7) is 5.19. The van der Waals surface area contributed by atoms with Gasteiger partial charge in [-0.05, 0) is 49.2 Å². The molecule has 0 unspecified atom stereocenters. The molecule has 2 aromatic rings. The normalized spacial score (nSPS) is 17.9. The highest BCUT2D eigenvalue weighted by molar-refractivity contribution is 7.89. The lowest BCUT2D eigenvalue weighted by atomic mass is 10.0. The Kier molecular flexibility index (Phi) is 6.30. The summed E-state index contributed by atoms with van der Waals surface area (Å²) in [5.41, 5.74) is 1.58. The number of carbonyl (C=O) groups excluding carboxylic acids is 1. The molecule has 168 valence electrons. The van der Waals surface area contributed by atoms with Crippen LogP contribution in [0.2, 0.25) is 0 Å². The van der Waals surface area contributed by atoms with Gasteiger partial charge in [0.2, 0.25) is 26.0 Å². The van der Waals surface area contributed by atoms with Crippen molar-refractivity contribution in [1.29, 1.82) is 0 Å². The summed E-state index contributed by atoms with van der Waals surface area (Å²) in [5.74, 6) is -0.150. The highest BCUT2D eigenvalue weighted by Gasteiger charge is 2.42. The number of hydrogen-bond donors (Lipinski definition) is 1. The Balaban J connectivity index is 1.79. The van der Waals surface area contributed by atoms with Crippen LogP contribution in [0.3, 0.4) is 0 Å². The number of carbonyl (C=O) groups is 1. The molecule has 1 aliphatic rings. The summed E-state index contributed by atoms with van der Waals surface area (Å²) in [6.07, 6.45) is 1.14. The van der Waals surface area contributed by atoms with Crippen molar-refractivity contribution in [2.75, 3.05) is 31.2 Å². The number of nitrogens with zero attached hydrogens (tertiary/aromatic N) is 2. The molecule has 0 atom stereocenters. The van der Waals surface area contributed by atoms with Crippen molar-refractivity contribution in [1.82, 2.24) is 8.61 Å². The molecule has 0 aromatic heterocycles. The number of piperazine rings is 1. The van der Waals surface area contributed by atoms with Crippen molar-refractivity contribution in [3.8, 4) is 11.1 Å². The zero-order valence-corrected chi connectivity index (χ0v) is 19.6. The van der Waals surface area contributed by atoms with Crippen LogP contribution in [0.25, 0.3) is 11.1 Å². The zero-order chi connectivity index (χ0) is 23.0. The number of amides is 1. The average Bonchev–Trinajstić information content (AvgIpc) is 2.66. The van der Waals surface area contributed by atoms with Crippen LogP contribution < -0.4 is 5.32 Å². The Morgan fingerprint density at radius 3 is 1.87 bits per heavy atom. The van der Waals surface area contributed by atoms with Crippen LogP contribution in [0.4, 0.5) is 5.69 Å². The molecule has 0 bridgehead atoms. The van der Waals surface area contributed by atoms with Gasteiger partial charge in [0.1, 0.15) is 0 Å². The molecule has 2 aromatic carbocycles. The molecule has 0 radical (unpaired) electrons. The third-order valence-electron chi connectivity index (χ3n) is 5.22. The van der Waals surface area contributed by atoms with Crippen molar-refractivity contribution >= 4 is 31.6 Å². The minimum atomic E-state index is -3.76. The van der Waals surface area contributed by atoms with E-state index in [2.05, 4.69) is 5.32 Å². The first-order chi connectivity index (χ1) is 14.3. The van der Waals surface area contributed by atoms with Gasteiger partial charge in [-0.15, -0.1) is 0 Å². The molecule has 1 heterocycles. The largest absolute Gasteiger partial charge is 0.326 e. The quantitative estimate of drug-likeness (QED) is 0.730. The van der Waals surface area contributed by atoms with Gasteiger partial charge >= 0.3 is 0 Å². The summed E-state index contributed by atoms with van der Waals surface area (Å²) in [4.78, 5) is 11.3. The number of nitrogens with one attached hydrogen (secondary N) is 1. The fourth-order valence-corrected chi connectivity index (χ4v) is 6.79. The molecule has 1 aliphatic heterocycles. The van der Waals surface area contributed by atoms with Crippen LogP contribution >= 0.6 is 0 Å². The fourth-order valence-electron chi connectivity index (χ4n) is 3.83. The Bertz CT molecular complexity index is 1170. The SMILES string of the molecule is CC(=O)Nc1ccc(-c2ccc(S(=O)(=O)N3CCN(S(C)(=O)=O)C(C)(C)C3)cc2)cc1. The lowest BCUT2D eigenvalue weighted by Gasteiger charge is -2.44. The molecule has 8 nitrogen and oxygen atoms in total. The standard InChI is InChI=1S/C21H27N3O5S2/c1-16(25)22-19-9-5-17(6-10-19)18-7-11-20(12-8-18)31(28,29)23-13-14-24(30(4,26)27)21(2,3)15-23/h5-12H,13-15H2,1-4H3,(H,22,25). The molecule has 0 aliphatic carbocycles. The third-order valence-corrected chi connectivity index (χ3v) is 8.56. The molecule has 31 heavy (non-hydrogen) atoms. The predicted molar refractivity (Wildman–Crippen MR) is 121 cm³/mol. The van der Waals surface area contributed by atoms with Crippen LogP contribution in [0, 0.1) is 0 Å². The van der Waals surface area contributed by atoms with E-state index in [0.29, 0.717) is 5.69 Å². The van der Waals surface area contributed by atoms with Gasteiger partial charge in [-0.2, -0.15) is 8.61 Å². The summed E-state index contributed by atoms with van der Waals surface area (Å²) in [5, 5.41) is 2.70. The van der Waals surface area contributed by atoms with Crippen LogP contribution in [0.1, 0.15) is 20.8 Å². The number of anilines is 1. The maximum Gasteiger partial charge on any atom is 0.243 e.